The Balaban J connectivity index is 3.03. The van der Waals surface area contributed by atoms with E-state index >= 15 is 0 Å². The van der Waals surface area contributed by atoms with Gasteiger partial charge in [-0.1, -0.05) is 20.8 Å². The molecule has 0 saturated heterocycles. The Morgan fingerprint density at radius 1 is 1.17 bits per heavy atom. The van der Waals surface area contributed by atoms with E-state index in [0.29, 0.717) is 6.54 Å². The van der Waals surface area contributed by atoms with Crippen molar-refractivity contribution in [3.05, 3.63) is 23.8 Å². The van der Waals surface area contributed by atoms with Gasteiger partial charge in [0.15, 0.2) is 0 Å². The first-order valence-corrected chi connectivity index (χ1v) is 5.62. The number of nitrogens with one attached hydrogen (secondary N) is 1. The topological polar surface area (TPSA) is 21.3 Å². The minimum atomic E-state index is -4.39. The highest BCUT2D eigenvalue weighted by Crippen LogP contribution is 2.37. The molecule has 18 heavy (non-hydrogen) atoms. The Hall–Kier alpha value is -1.39. The van der Waals surface area contributed by atoms with Gasteiger partial charge in [-0.05, 0) is 23.6 Å². The first-order valence-electron chi connectivity index (χ1n) is 5.62. The van der Waals surface area contributed by atoms with Crippen LogP contribution < -0.4 is 10.1 Å². The molecule has 0 spiro atoms. The molecule has 1 N–H and O–H groups in total. The van der Waals surface area contributed by atoms with Crippen LogP contribution in [0.4, 0.5) is 18.9 Å². The summed E-state index contributed by atoms with van der Waals surface area (Å²) >= 11 is 0. The summed E-state index contributed by atoms with van der Waals surface area (Å²) in [7, 11) is 1.34. The van der Waals surface area contributed by atoms with Crippen LogP contribution >= 0.6 is 0 Å². The van der Waals surface area contributed by atoms with Gasteiger partial charge in [-0.3, -0.25) is 0 Å². The fourth-order valence-corrected chi connectivity index (χ4v) is 1.40. The lowest BCUT2D eigenvalue weighted by Crippen LogP contribution is -2.21. The molecule has 0 aliphatic heterocycles. The van der Waals surface area contributed by atoms with Crippen LogP contribution in [-0.2, 0) is 6.18 Å². The molecule has 0 unspecified atom stereocenters. The van der Waals surface area contributed by atoms with Gasteiger partial charge in [0.2, 0.25) is 0 Å². The molecule has 0 radical (unpaired) electrons. The molecule has 0 heterocycles. The minimum absolute atomic E-state index is 0.0817. The van der Waals surface area contributed by atoms with Gasteiger partial charge >= 0.3 is 6.18 Å². The highest BCUT2D eigenvalue weighted by molar-refractivity contribution is 5.55. The van der Waals surface area contributed by atoms with E-state index in [1.54, 1.807) is 0 Å². The second-order valence-electron chi connectivity index (χ2n) is 5.32. The van der Waals surface area contributed by atoms with Crippen LogP contribution in [0.25, 0.3) is 0 Å². The van der Waals surface area contributed by atoms with Crippen LogP contribution in [0.15, 0.2) is 18.2 Å². The lowest BCUT2D eigenvalue weighted by Gasteiger charge is -2.22. The van der Waals surface area contributed by atoms with Crippen molar-refractivity contribution in [2.75, 3.05) is 19.0 Å². The minimum Gasteiger partial charge on any atom is -0.497 e. The van der Waals surface area contributed by atoms with E-state index in [-0.39, 0.29) is 16.9 Å². The molecule has 0 amide bonds. The summed E-state index contributed by atoms with van der Waals surface area (Å²) in [5.74, 6) is 0.198. The van der Waals surface area contributed by atoms with Gasteiger partial charge in [0, 0.05) is 12.2 Å². The zero-order chi connectivity index (χ0) is 14.0. The van der Waals surface area contributed by atoms with Crippen molar-refractivity contribution in [2.24, 2.45) is 5.41 Å². The van der Waals surface area contributed by atoms with Gasteiger partial charge in [-0.15, -0.1) is 0 Å². The van der Waals surface area contributed by atoms with E-state index in [1.807, 2.05) is 20.8 Å². The molecule has 1 aromatic carbocycles. The zero-order valence-corrected chi connectivity index (χ0v) is 11.0. The molecule has 0 atom stereocenters. The smallest absolute Gasteiger partial charge is 0.418 e. The third kappa shape index (κ3) is 4.13. The number of anilines is 1. The summed E-state index contributed by atoms with van der Waals surface area (Å²) in [6.45, 7) is 6.33. The summed E-state index contributed by atoms with van der Waals surface area (Å²) in [6.07, 6.45) is -4.39. The van der Waals surface area contributed by atoms with Gasteiger partial charge in [0.25, 0.3) is 0 Å². The number of ether oxygens (including phenoxy) is 1. The van der Waals surface area contributed by atoms with Crippen molar-refractivity contribution in [2.45, 2.75) is 26.9 Å². The second-order valence-corrected chi connectivity index (χ2v) is 5.32. The third-order valence-electron chi connectivity index (χ3n) is 2.34. The van der Waals surface area contributed by atoms with Gasteiger partial charge < -0.3 is 10.1 Å². The summed E-state index contributed by atoms with van der Waals surface area (Å²) in [4.78, 5) is 0. The van der Waals surface area contributed by atoms with E-state index in [2.05, 4.69) is 5.32 Å². The van der Waals surface area contributed by atoms with Gasteiger partial charge in [0.1, 0.15) is 5.75 Å². The molecule has 1 rings (SSSR count). The Morgan fingerprint density at radius 2 is 1.78 bits per heavy atom. The van der Waals surface area contributed by atoms with E-state index in [9.17, 15) is 13.2 Å². The molecular weight excluding hydrogens is 243 g/mol. The standard InChI is InChI=1S/C13H18F3NO/c1-12(2,3)8-17-11-6-5-9(18-4)7-10(11)13(14,15)16/h5-7,17H,8H2,1-4H3. The van der Waals surface area contributed by atoms with Crippen LogP contribution in [0.5, 0.6) is 5.75 Å². The predicted octanol–water partition coefficient (Wildman–Crippen LogP) is 4.17. The molecule has 5 heteroatoms. The van der Waals surface area contributed by atoms with Crippen LogP contribution in [0.2, 0.25) is 0 Å². The first-order chi connectivity index (χ1) is 8.13. The van der Waals surface area contributed by atoms with E-state index in [1.165, 1.54) is 19.2 Å². The average Bonchev–Trinajstić information content (AvgIpc) is 2.24. The number of hydrogen-bond acceptors (Lipinski definition) is 2. The quantitative estimate of drug-likeness (QED) is 0.881. The number of alkyl halides is 3. The molecule has 0 saturated carbocycles. The molecule has 102 valence electrons. The van der Waals surface area contributed by atoms with Crippen molar-refractivity contribution in [1.82, 2.24) is 0 Å². The second kappa shape index (κ2) is 5.08. The fourth-order valence-electron chi connectivity index (χ4n) is 1.40. The molecular formula is C13H18F3NO. The fraction of sp³-hybridized carbons (Fsp3) is 0.538. The van der Waals surface area contributed by atoms with Crippen molar-refractivity contribution in [1.29, 1.82) is 0 Å². The van der Waals surface area contributed by atoms with Crippen molar-refractivity contribution < 1.29 is 17.9 Å². The Bertz CT molecular complexity index is 408. The Labute approximate surface area is 105 Å². The van der Waals surface area contributed by atoms with Crippen LogP contribution in [0, 0.1) is 5.41 Å². The van der Waals surface area contributed by atoms with Gasteiger partial charge in [-0.2, -0.15) is 13.2 Å². The Kier molecular flexibility index (Phi) is 4.14. The number of benzene rings is 1. The molecule has 0 aliphatic carbocycles. The molecule has 2 nitrogen and oxygen atoms in total. The maximum absolute atomic E-state index is 12.9. The van der Waals surface area contributed by atoms with Crippen LogP contribution in [0.1, 0.15) is 26.3 Å². The SMILES string of the molecule is COc1ccc(NCC(C)(C)C)c(C(F)(F)F)c1. The molecule has 0 fully saturated rings. The number of rotatable bonds is 3. The molecule has 1 aromatic rings. The summed E-state index contributed by atoms with van der Waals surface area (Å²) in [5.41, 5.74) is -0.715. The molecule has 0 bridgehead atoms. The number of halogens is 3. The lowest BCUT2D eigenvalue weighted by molar-refractivity contribution is -0.137. The van der Waals surface area contributed by atoms with Crippen LogP contribution in [0.3, 0.4) is 0 Å². The Morgan fingerprint density at radius 3 is 2.22 bits per heavy atom. The third-order valence-corrected chi connectivity index (χ3v) is 2.34. The normalized spacial score (nSPS) is 12.4. The number of hydrogen-bond donors (Lipinski definition) is 1. The number of methoxy groups -OCH3 is 1. The highest BCUT2D eigenvalue weighted by atomic mass is 19.4. The average molecular weight is 261 g/mol. The maximum atomic E-state index is 12.9. The maximum Gasteiger partial charge on any atom is 0.418 e. The largest absolute Gasteiger partial charge is 0.497 e. The highest BCUT2D eigenvalue weighted by Gasteiger charge is 2.34. The van der Waals surface area contributed by atoms with Crippen molar-refractivity contribution >= 4 is 5.69 Å². The monoisotopic (exact) mass is 261 g/mol. The zero-order valence-electron chi connectivity index (χ0n) is 11.0. The predicted molar refractivity (Wildman–Crippen MR) is 65.9 cm³/mol. The van der Waals surface area contributed by atoms with Crippen molar-refractivity contribution in [3.8, 4) is 5.75 Å². The van der Waals surface area contributed by atoms with E-state index in [0.717, 1.165) is 6.07 Å². The van der Waals surface area contributed by atoms with Gasteiger partial charge in [0.05, 0.1) is 12.7 Å². The molecule has 0 aromatic heterocycles. The van der Waals surface area contributed by atoms with E-state index in [4.69, 9.17) is 4.74 Å². The van der Waals surface area contributed by atoms with Crippen molar-refractivity contribution in [3.63, 3.8) is 0 Å². The molecule has 0 aliphatic rings. The summed E-state index contributed by atoms with van der Waals surface area (Å²) < 4.78 is 43.5. The van der Waals surface area contributed by atoms with Gasteiger partial charge in [-0.25, -0.2) is 0 Å². The lowest BCUT2D eigenvalue weighted by atomic mass is 9.96. The van der Waals surface area contributed by atoms with E-state index < -0.39 is 11.7 Å². The first kappa shape index (κ1) is 14.7. The van der Waals surface area contributed by atoms with Crippen LogP contribution in [-0.4, -0.2) is 13.7 Å². The summed E-state index contributed by atoms with van der Waals surface area (Å²) in [6, 6.07) is 3.92. The summed E-state index contributed by atoms with van der Waals surface area (Å²) in [5, 5.41) is 2.84.